The Kier molecular flexibility index (Phi) is 3.75. The van der Waals surface area contributed by atoms with Gasteiger partial charge < -0.3 is 20.5 Å². The molecule has 5 heteroatoms. The van der Waals surface area contributed by atoms with Gasteiger partial charge in [-0.3, -0.25) is 0 Å². The van der Waals surface area contributed by atoms with E-state index in [9.17, 15) is 0 Å². The molecule has 0 spiro atoms. The minimum atomic E-state index is 0.648. The van der Waals surface area contributed by atoms with Crippen molar-refractivity contribution in [2.75, 3.05) is 25.3 Å². The largest absolute Gasteiger partial charge is 0.493 e. The van der Waals surface area contributed by atoms with Gasteiger partial charge in [-0.15, -0.1) is 0 Å². The van der Waals surface area contributed by atoms with Gasteiger partial charge in [0.15, 0.2) is 11.5 Å². The third kappa shape index (κ3) is 2.88. The normalized spacial score (nSPS) is 10.1. The van der Waals surface area contributed by atoms with Gasteiger partial charge in [-0.05, 0) is 30.7 Å². The summed E-state index contributed by atoms with van der Waals surface area (Å²) in [6.45, 7) is 1.95. The quantitative estimate of drug-likeness (QED) is 0.883. The number of nitrogens with zero attached hydrogens (tertiary/aromatic N) is 1. The monoisotopic (exact) mass is 259 g/mol. The number of ether oxygens (including phenoxy) is 2. The molecule has 0 aliphatic rings. The van der Waals surface area contributed by atoms with Gasteiger partial charge in [0.1, 0.15) is 5.82 Å². The Morgan fingerprint density at radius 2 is 1.84 bits per heavy atom. The maximum atomic E-state index is 5.68. The van der Waals surface area contributed by atoms with Crippen LogP contribution in [-0.2, 0) is 0 Å². The molecule has 19 heavy (non-hydrogen) atoms. The van der Waals surface area contributed by atoms with Crippen molar-refractivity contribution in [2.24, 2.45) is 0 Å². The molecular weight excluding hydrogens is 242 g/mol. The molecule has 0 aliphatic heterocycles. The number of hydrogen-bond donors (Lipinski definition) is 2. The van der Waals surface area contributed by atoms with Gasteiger partial charge in [0.2, 0.25) is 0 Å². The Hall–Kier alpha value is -2.43. The first-order chi connectivity index (χ1) is 9.13. The van der Waals surface area contributed by atoms with E-state index in [1.165, 1.54) is 0 Å². The molecule has 0 bridgehead atoms. The first-order valence-corrected chi connectivity index (χ1v) is 5.85. The molecule has 0 fully saturated rings. The maximum absolute atomic E-state index is 5.68. The summed E-state index contributed by atoms with van der Waals surface area (Å²) in [6.07, 6.45) is 1.62. The SMILES string of the molecule is COc1ccc(Nc2ncc(N)cc2C)cc1OC. The van der Waals surface area contributed by atoms with E-state index >= 15 is 0 Å². The van der Waals surface area contributed by atoms with Gasteiger partial charge in [0.05, 0.1) is 26.1 Å². The first kappa shape index (κ1) is 13.0. The highest BCUT2D eigenvalue weighted by Crippen LogP contribution is 2.31. The van der Waals surface area contributed by atoms with Crippen LogP contribution in [0.25, 0.3) is 0 Å². The van der Waals surface area contributed by atoms with Crippen molar-refractivity contribution >= 4 is 17.2 Å². The molecule has 2 rings (SSSR count). The molecule has 0 saturated heterocycles. The minimum absolute atomic E-state index is 0.648. The summed E-state index contributed by atoms with van der Waals surface area (Å²) in [6, 6.07) is 7.47. The molecule has 100 valence electrons. The van der Waals surface area contributed by atoms with Crippen molar-refractivity contribution < 1.29 is 9.47 Å². The number of nitrogen functional groups attached to an aromatic ring is 1. The number of nitrogens with one attached hydrogen (secondary N) is 1. The van der Waals surface area contributed by atoms with Crippen LogP contribution in [0.4, 0.5) is 17.2 Å². The average Bonchev–Trinajstić information content (AvgIpc) is 2.41. The number of methoxy groups -OCH3 is 2. The van der Waals surface area contributed by atoms with Crippen molar-refractivity contribution in [3.8, 4) is 11.5 Å². The predicted octanol–water partition coefficient (Wildman–Crippen LogP) is 2.73. The summed E-state index contributed by atoms with van der Waals surface area (Å²) in [7, 11) is 3.21. The highest BCUT2D eigenvalue weighted by atomic mass is 16.5. The van der Waals surface area contributed by atoms with Gasteiger partial charge in [-0.2, -0.15) is 0 Å². The van der Waals surface area contributed by atoms with E-state index in [0.717, 1.165) is 17.1 Å². The predicted molar refractivity (Wildman–Crippen MR) is 76.2 cm³/mol. The first-order valence-electron chi connectivity index (χ1n) is 5.85. The summed E-state index contributed by atoms with van der Waals surface area (Å²) in [5, 5.41) is 3.22. The lowest BCUT2D eigenvalue weighted by Crippen LogP contribution is -1.99. The molecule has 1 heterocycles. The van der Waals surface area contributed by atoms with E-state index in [0.29, 0.717) is 17.2 Å². The molecule has 0 radical (unpaired) electrons. The minimum Gasteiger partial charge on any atom is -0.493 e. The lowest BCUT2D eigenvalue weighted by Gasteiger charge is -2.12. The van der Waals surface area contributed by atoms with Crippen LogP contribution in [0.5, 0.6) is 11.5 Å². The molecular formula is C14H17N3O2. The zero-order valence-corrected chi connectivity index (χ0v) is 11.2. The van der Waals surface area contributed by atoms with Crippen molar-refractivity contribution in [1.29, 1.82) is 0 Å². The fraction of sp³-hybridized carbons (Fsp3) is 0.214. The highest BCUT2D eigenvalue weighted by Gasteiger charge is 2.06. The molecule has 0 atom stereocenters. The standard InChI is InChI=1S/C14H17N3O2/c1-9-6-10(15)8-16-14(9)17-11-4-5-12(18-2)13(7-11)19-3/h4-8H,15H2,1-3H3,(H,16,17). The molecule has 0 unspecified atom stereocenters. The second-order valence-corrected chi connectivity index (χ2v) is 4.13. The van der Waals surface area contributed by atoms with Crippen LogP contribution in [0.1, 0.15) is 5.56 Å². The topological polar surface area (TPSA) is 69.4 Å². The maximum Gasteiger partial charge on any atom is 0.162 e. The number of rotatable bonds is 4. The Bertz CT molecular complexity index is 585. The van der Waals surface area contributed by atoms with E-state index < -0.39 is 0 Å². The molecule has 5 nitrogen and oxygen atoms in total. The second-order valence-electron chi connectivity index (χ2n) is 4.13. The van der Waals surface area contributed by atoms with E-state index in [2.05, 4.69) is 10.3 Å². The summed E-state index contributed by atoms with van der Waals surface area (Å²) in [5.41, 5.74) is 8.18. The fourth-order valence-electron chi connectivity index (χ4n) is 1.78. The van der Waals surface area contributed by atoms with Crippen LogP contribution in [0.15, 0.2) is 30.5 Å². The highest BCUT2D eigenvalue weighted by molar-refractivity contribution is 5.64. The summed E-state index contributed by atoms with van der Waals surface area (Å²) >= 11 is 0. The van der Waals surface area contributed by atoms with Crippen molar-refractivity contribution in [3.05, 3.63) is 36.0 Å². The van der Waals surface area contributed by atoms with Gasteiger partial charge in [0.25, 0.3) is 0 Å². The average molecular weight is 259 g/mol. The fourth-order valence-corrected chi connectivity index (χ4v) is 1.78. The van der Waals surface area contributed by atoms with Crippen LogP contribution < -0.4 is 20.5 Å². The third-order valence-corrected chi connectivity index (χ3v) is 2.75. The summed E-state index contributed by atoms with van der Waals surface area (Å²) < 4.78 is 10.5. The molecule has 1 aromatic carbocycles. The summed E-state index contributed by atoms with van der Waals surface area (Å²) in [4.78, 5) is 4.26. The number of anilines is 3. The van der Waals surface area contributed by atoms with E-state index in [4.69, 9.17) is 15.2 Å². The van der Waals surface area contributed by atoms with Gasteiger partial charge in [-0.1, -0.05) is 0 Å². The zero-order valence-electron chi connectivity index (χ0n) is 11.2. The number of nitrogens with two attached hydrogens (primary N) is 1. The zero-order chi connectivity index (χ0) is 13.8. The molecule has 0 amide bonds. The van der Waals surface area contributed by atoms with Crippen LogP contribution in [-0.4, -0.2) is 19.2 Å². The smallest absolute Gasteiger partial charge is 0.162 e. The third-order valence-electron chi connectivity index (χ3n) is 2.75. The molecule has 2 aromatic rings. The summed E-state index contributed by atoms with van der Waals surface area (Å²) in [5.74, 6) is 2.12. The van der Waals surface area contributed by atoms with Gasteiger partial charge in [-0.25, -0.2) is 4.98 Å². The van der Waals surface area contributed by atoms with Crippen molar-refractivity contribution in [3.63, 3.8) is 0 Å². The molecule has 0 aliphatic carbocycles. The lowest BCUT2D eigenvalue weighted by molar-refractivity contribution is 0.355. The Labute approximate surface area is 112 Å². The van der Waals surface area contributed by atoms with Gasteiger partial charge >= 0.3 is 0 Å². The van der Waals surface area contributed by atoms with Crippen molar-refractivity contribution in [2.45, 2.75) is 6.92 Å². The molecule has 3 N–H and O–H groups in total. The number of hydrogen-bond acceptors (Lipinski definition) is 5. The second kappa shape index (κ2) is 5.48. The van der Waals surface area contributed by atoms with E-state index in [1.54, 1.807) is 20.4 Å². The van der Waals surface area contributed by atoms with Crippen LogP contribution in [0.2, 0.25) is 0 Å². The molecule has 1 aromatic heterocycles. The van der Waals surface area contributed by atoms with Crippen LogP contribution >= 0.6 is 0 Å². The van der Waals surface area contributed by atoms with Crippen LogP contribution in [0, 0.1) is 6.92 Å². The number of aromatic nitrogens is 1. The van der Waals surface area contributed by atoms with Crippen LogP contribution in [0.3, 0.4) is 0 Å². The van der Waals surface area contributed by atoms with Crippen molar-refractivity contribution in [1.82, 2.24) is 4.98 Å². The Morgan fingerprint density at radius 3 is 2.47 bits per heavy atom. The van der Waals surface area contributed by atoms with E-state index in [-0.39, 0.29) is 0 Å². The lowest BCUT2D eigenvalue weighted by atomic mass is 10.2. The number of benzene rings is 1. The number of pyridine rings is 1. The Balaban J connectivity index is 2.28. The Morgan fingerprint density at radius 1 is 1.11 bits per heavy atom. The molecule has 0 saturated carbocycles. The van der Waals surface area contributed by atoms with E-state index in [1.807, 2.05) is 31.2 Å². The number of aryl methyl sites for hydroxylation is 1. The van der Waals surface area contributed by atoms with Gasteiger partial charge in [0, 0.05) is 11.8 Å².